The van der Waals surface area contributed by atoms with E-state index in [0.29, 0.717) is 5.02 Å². The van der Waals surface area contributed by atoms with E-state index >= 15 is 0 Å². The number of hydrogen-bond donors (Lipinski definition) is 0. The van der Waals surface area contributed by atoms with Gasteiger partial charge in [-0.1, -0.05) is 42.4 Å². The van der Waals surface area contributed by atoms with Crippen molar-refractivity contribution in [3.05, 3.63) is 63.2 Å². The van der Waals surface area contributed by atoms with Crippen LogP contribution in [0.15, 0.2) is 52.3 Å². The zero-order chi connectivity index (χ0) is 13.8. The Balaban J connectivity index is 2.20. The molecule has 3 nitrogen and oxygen atoms in total. The van der Waals surface area contributed by atoms with Crippen LogP contribution < -0.4 is 0 Å². The molecule has 2 rings (SSSR count). The van der Waals surface area contributed by atoms with Crippen molar-refractivity contribution < 1.29 is 4.92 Å². The van der Waals surface area contributed by atoms with Crippen LogP contribution in [-0.4, -0.2) is 4.92 Å². The van der Waals surface area contributed by atoms with Gasteiger partial charge in [0.15, 0.2) is 0 Å². The monoisotopic (exact) mass is 293 g/mol. The molecular formula is C14H12ClNO2S. The van der Waals surface area contributed by atoms with Gasteiger partial charge >= 0.3 is 0 Å². The third kappa shape index (κ3) is 3.49. The number of aryl methyl sites for hydroxylation is 1. The van der Waals surface area contributed by atoms with Gasteiger partial charge in [-0.05, 0) is 30.2 Å². The minimum Gasteiger partial charge on any atom is -0.258 e. The summed E-state index contributed by atoms with van der Waals surface area (Å²) >= 11 is 7.56. The average Bonchev–Trinajstić information content (AvgIpc) is 2.41. The summed E-state index contributed by atoms with van der Waals surface area (Å²) in [5.41, 5.74) is 1.29. The summed E-state index contributed by atoms with van der Waals surface area (Å²) in [7, 11) is 0. The predicted molar refractivity (Wildman–Crippen MR) is 78.0 cm³/mol. The number of benzene rings is 2. The Hall–Kier alpha value is -1.52. The number of halogens is 1. The van der Waals surface area contributed by atoms with Gasteiger partial charge in [0.1, 0.15) is 0 Å². The molecule has 0 aliphatic carbocycles. The molecule has 98 valence electrons. The zero-order valence-electron chi connectivity index (χ0n) is 10.3. The van der Waals surface area contributed by atoms with Gasteiger partial charge in [-0.15, -0.1) is 0 Å². The van der Waals surface area contributed by atoms with Crippen LogP contribution in [0.25, 0.3) is 0 Å². The van der Waals surface area contributed by atoms with Crippen molar-refractivity contribution in [2.45, 2.75) is 23.1 Å². The predicted octanol–water partition coefficient (Wildman–Crippen LogP) is 4.96. The Kier molecular flexibility index (Phi) is 4.45. The van der Waals surface area contributed by atoms with E-state index in [4.69, 9.17) is 11.6 Å². The van der Waals surface area contributed by atoms with E-state index in [9.17, 15) is 10.1 Å². The molecule has 0 saturated heterocycles. The fourth-order valence-electron chi connectivity index (χ4n) is 1.61. The normalized spacial score (nSPS) is 10.4. The molecule has 0 spiro atoms. The fraction of sp³-hybridized carbons (Fsp3) is 0.143. The smallest absolute Gasteiger partial charge is 0.258 e. The molecule has 0 fully saturated rings. The molecule has 0 aliphatic rings. The molecular weight excluding hydrogens is 282 g/mol. The zero-order valence-corrected chi connectivity index (χ0v) is 11.9. The first-order valence-corrected chi connectivity index (χ1v) is 7.00. The third-order valence-electron chi connectivity index (χ3n) is 2.69. The van der Waals surface area contributed by atoms with Crippen LogP contribution in [0, 0.1) is 10.1 Å². The molecule has 0 saturated carbocycles. The molecule has 0 unspecified atom stereocenters. The first kappa shape index (κ1) is 13.9. The molecule has 0 aromatic heterocycles. The Bertz CT molecular complexity index is 599. The Morgan fingerprint density at radius 1 is 1.21 bits per heavy atom. The first-order valence-electron chi connectivity index (χ1n) is 5.81. The molecule has 0 heterocycles. The van der Waals surface area contributed by atoms with Crippen molar-refractivity contribution >= 4 is 29.1 Å². The Labute approximate surface area is 120 Å². The standard InChI is InChI=1S/C14H12ClNO2S/c1-2-10-3-6-12(7-4-10)19-14-8-5-11(16(17)18)9-13(14)15/h3-9H,2H2,1H3. The summed E-state index contributed by atoms with van der Waals surface area (Å²) in [6.07, 6.45) is 1.00. The molecule has 5 heteroatoms. The second-order valence-corrected chi connectivity index (χ2v) is 5.49. The lowest BCUT2D eigenvalue weighted by Gasteiger charge is -2.05. The molecule has 2 aromatic carbocycles. The van der Waals surface area contributed by atoms with Crippen molar-refractivity contribution in [1.82, 2.24) is 0 Å². The van der Waals surface area contributed by atoms with Crippen LogP contribution in [0.3, 0.4) is 0 Å². The van der Waals surface area contributed by atoms with E-state index in [-0.39, 0.29) is 5.69 Å². The highest BCUT2D eigenvalue weighted by Crippen LogP contribution is 2.35. The molecule has 0 amide bonds. The van der Waals surface area contributed by atoms with Crippen LogP contribution >= 0.6 is 23.4 Å². The first-order chi connectivity index (χ1) is 9.10. The number of hydrogen-bond acceptors (Lipinski definition) is 3. The summed E-state index contributed by atoms with van der Waals surface area (Å²) in [6.45, 7) is 2.11. The van der Waals surface area contributed by atoms with Gasteiger partial charge in [0.05, 0.1) is 9.95 Å². The van der Waals surface area contributed by atoms with Gasteiger partial charge < -0.3 is 0 Å². The van der Waals surface area contributed by atoms with E-state index in [1.54, 1.807) is 6.07 Å². The summed E-state index contributed by atoms with van der Waals surface area (Å²) in [5, 5.41) is 11.0. The lowest BCUT2D eigenvalue weighted by Crippen LogP contribution is -1.87. The van der Waals surface area contributed by atoms with E-state index in [2.05, 4.69) is 19.1 Å². The maximum absolute atomic E-state index is 10.6. The number of nitro groups is 1. The number of non-ortho nitro benzene ring substituents is 1. The van der Waals surface area contributed by atoms with Crippen LogP contribution in [0.4, 0.5) is 5.69 Å². The van der Waals surface area contributed by atoms with Crippen LogP contribution in [0.5, 0.6) is 0 Å². The average molecular weight is 294 g/mol. The lowest BCUT2D eigenvalue weighted by atomic mass is 10.2. The molecule has 2 aromatic rings. The fourth-order valence-corrected chi connectivity index (χ4v) is 2.72. The highest BCUT2D eigenvalue weighted by molar-refractivity contribution is 7.99. The maximum atomic E-state index is 10.6. The Morgan fingerprint density at radius 2 is 1.89 bits per heavy atom. The molecule has 0 radical (unpaired) electrons. The van der Waals surface area contributed by atoms with E-state index in [1.807, 2.05) is 12.1 Å². The quantitative estimate of drug-likeness (QED) is 0.591. The van der Waals surface area contributed by atoms with E-state index < -0.39 is 4.92 Å². The van der Waals surface area contributed by atoms with Crippen molar-refractivity contribution in [3.63, 3.8) is 0 Å². The second-order valence-electron chi connectivity index (χ2n) is 3.97. The van der Waals surface area contributed by atoms with E-state index in [0.717, 1.165) is 16.2 Å². The largest absolute Gasteiger partial charge is 0.270 e. The highest BCUT2D eigenvalue weighted by atomic mass is 35.5. The van der Waals surface area contributed by atoms with Gasteiger partial charge in [-0.3, -0.25) is 10.1 Å². The molecule has 0 aliphatic heterocycles. The van der Waals surface area contributed by atoms with E-state index in [1.165, 1.54) is 29.5 Å². The molecule has 0 bridgehead atoms. The number of rotatable bonds is 4. The van der Waals surface area contributed by atoms with Gasteiger partial charge in [0.25, 0.3) is 5.69 Å². The third-order valence-corrected chi connectivity index (χ3v) is 4.19. The SMILES string of the molecule is CCc1ccc(Sc2ccc([N+](=O)[O-])cc2Cl)cc1. The van der Waals surface area contributed by atoms with Crippen molar-refractivity contribution in [2.75, 3.05) is 0 Å². The summed E-state index contributed by atoms with van der Waals surface area (Å²) in [4.78, 5) is 12.1. The summed E-state index contributed by atoms with van der Waals surface area (Å²) < 4.78 is 0. The van der Waals surface area contributed by atoms with Crippen molar-refractivity contribution in [3.8, 4) is 0 Å². The van der Waals surface area contributed by atoms with Crippen LogP contribution in [-0.2, 0) is 6.42 Å². The number of nitro benzene ring substituents is 1. The minimum atomic E-state index is -0.448. The molecule has 19 heavy (non-hydrogen) atoms. The topological polar surface area (TPSA) is 43.1 Å². The van der Waals surface area contributed by atoms with Crippen LogP contribution in [0.2, 0.25) is 5.02 Å². The summed E-state index contributed by atoms with van der Waals surface area (Å²) in [6, 6.07) is 12.7. The second kappa shape index (κ2) is 6.08. The van der Waals surface area contributed by atoms with Gasteiger partial charge in [-0.2, -0.15) is 0 Å². The van der Waals surface area contributed by atoms with Gasteiger partial charge in [0, 0.05) is 21.9 Å². The lowest BCUT2D eigenvalue weighted by molar-refractivity contribution is -0.384. The molecule has 0 N–H and O–H groups in total. The van der Waals surface area contributed by atoms with Gasteiger partial charge in [0.2, 0.25) is 0 Å². The summed E-state index contributed by atoms with van der Waals surface area (Å²) in [5.74, 6) is 0. The van der Waals surface area contributed by atoms with Crippen molar-refractivity contribution in [1.29, 1.82) is 0 Å². The molecule has 0 atom stereocenters. The van der Waals surface area contributed by atoms with Crippen molar-refractivity contribution in [2.24, 2.45) is 0 Å². The van der Waals surface area contributed by atoms with Crippen LogP contribution in [0.1, 0.15) is 12.5 Å². The minimum absolute atomic E-state index is 0.00989. The highest BCUT2D eigenvalue weighted by Gasteiger charge is 2.10. The van der Waals surface area contributed by atoms with Gasteiger partial charge in [-0.25, -0.2) is 0 Å². The Morgan fingerprint density at radius 3 is 2.42 bits per heavy atom. The maximum Gasteiger partial charge on any atom is 0.270 e. The number of nitrogens with zero attached hydrogens (tertiary/aromatic N) is 1.